The van der Waals surface area contributed by atoms with Crippen LogP contribution in [-0.2, 0) is 10.0 Å². The molecule has 0 aromatic heterocycles. The van der Waals surface area contributed by atoms with E-state index in [9.17, 15) is 8.42 Å². The molecule has 2 aliphatic rings. The van der Waals surface area contributed by atoms with Gasteiger partial charge in [0.2, 0.25) is 10.0 Å². The van der Waals surface area contributed by atoms with E-state index in [4.69, 9.17) is 0 Å². The van der Waals surface area contributed by atoms with Crippen molar-refractivity contribution in [3.63, 3.8) is 0 Å². The Labute approximate surface area is 129 Å². The van der Waals surface area contributed by atoms with Crippen molar-refractivity contribution in [3.8, 4) is 0 Å². The van der Waals surface area contributed by atoms with Crippen LogP contribution in [0.25, 0.3) is 0 Å². The second-order valence-corrected chi connectivity index (χ2v) is 8.35. The number of nitrogens with zero attached hydrogens (tertiary/aromatic N) is 1. The summed E-state index contributed by atoms with van der Waals surface area (Å²) < 4.78 is 26.8. The highest BCUT2D eigenvalue weighted by Gasteiger charge is 2.30. The Hall–Kier alpha value is -0.170. The normalized spacial score (nSPS) is 24.0. The molecular formula is C15H31N3O2S. The molecule has 1 heterocycles. The van der Waals surface area contributed by atoms with Crippen LogP contribution >= 0.6 is 0 Å². The van der Waals surface area contributed by atoms with Crippen LogP contribution in [-0.4, -0.2) is 57.8 Å². The van der Waals surface area contributed by atoms with Gasteiger partial charge in [-0.2, -0.15) is 0 Å². The van der Waals surface area contributed by atoms with Gasteiger partial charge in [-0.15, -0.1) is 0 Å². The zero-order valence-corrected chi connectivity index (χ0v) is 14.1. The maximum atomic E-state index is 12.0. The van der Waals surface area contributed by atoms with Gasteiger partial charge in [-0.1, -0.05) is 26.2 Å². The third-order valence-corrected chi connectivity index (χ3v) is 6.35. The average Bonchev–Trinajstić information content (AvgIpc) is 2.49. The zero-order chi connectivity index (χ0) is 15.1. The first kappa shape index (κ1) is 17.2. The van der Waals surface area contributed by atoms with Crippen molar-refractivity contribution in [2.24, 2.45) is 5.92 Å². The van der Waals surface area contributed by atoms with Gasteiger partial charge >= 0.3 is 0 Å². The zero-order valence-electron chi connectivity index (χ0n) is 13.3. The number of hydrogen-bond donors (Lipinski definition) is 2. The molecule has 2 N–H and O–H groups in total. The Morgan fingerprint density at radius 1 is 1.19 bits per heavy atom. The van der Waals surface area contributed by atoms with Crippen molar-refractivity contribution < 1.29 is 8.42 Å². The van der Waals surface area contributed by atoms with Gasteiger partial charge in [-0.05, 0) is 25.2 Å². The largest absolute Gasteiger partial charge is 0.314 e. The van der Waals surface area contributed by atoms with Crippen molar-refractivity contribution in [1.29, 1.82) is 0 Å². The van der Waals surface area contributed by atoms with Crippen LogP contribution in [0.5, 0.6) is 0 Å². The van der Waals surface area contributed by atoms with Gasteiger partial charge in [0.05, 0.1) is 5.75 Å². The van der Waals surface area contributed by atoms with Gasteiger partial charge in [0.1, 0.15) is 0 Å². The standard InChI is InChI=1S/C15H31N3O2S/c1-2-12-21(19,20)17-13-15(14-6-4-3-5-7-14)18-10-8-16-9-11-18/h14-17H,2-13H2,1H3. The molecule has 1 unspecified atom stereocenters. The molecule has 1 aliphatic carbocycles. The Morgan fingerprint density at radius 2 is 1.86 bits per heavy atom. The van der Waals surface area contributed by atoms with E-state index in [-0.39, 0.29) is 5.75 Å². The number of sulfonamides is 1. The fraction of sp³-hybridized carbons (Fsp3) is 1.00. The lowest BCUT2D eigenvalue weighted by atomic mass is 9.83. The first-order chi connectivity index (χ1) is 10.1. The predicted octanol–water partition coefficient (Wildman–Crippen LogP) is 1.17. The maximum Gasteiger partial charge on any atom is 0.211 e. The first-order valence-corrected chi connectivity index (χ1v) is 10.2. The van der Waals surface area contributed by atoms with Gasteiger partial charge < -0.3 is 5.32 Å². The lowest BCUT2D eigenvalue weighted by Crippen LogP contribution is -2.55. The molecule has 0 bridgehead atoms. The van der Waals surface area contributed by atoms with Crippen LogP contribution in [0.1, 0.15) is 45.4 Å². The van der Waals surface area contributed by atoms with Crippen molar-refractivity contribution in [3.05, 3.63) is 0 Å². The molecule has 0 radical (unpaired) electrons. The fourth-order valence-electron chi connectivity index (χ4n) is 3.68. The monoisotopic (exact) mass is 317 g/mol. The lowest BCUT2D eigenvalue weighted by Gasteiger charge is -2.41. The van der Waals surface area contributed by atoms with Gasteiger partial charge in [0, 0.05) is 38.8 Å². The molecule has 2 rings (SSSR count). The van der Waals surface area contributed by atoms with Gasteiger partial charge in [-0.3, -0.25) is 4.90 Å². The number of hydrogen-bond acceptors (Lipinski definition) is 4. The topological polar surface area (TPSA) is 61.4 Å². The highest BCUT2D eigenvalue weighted by Crippen LogP contribution is 2.29. The average molecular weight is 317 g/mol. The van der Waals surface area contributed by atoms with E-state index < -0.39 is 10.0 Å². The third-order valence-electron chi connectivity index (χ3n) is 4.80. The summed E-state index contributed by atoms with van der Waals surface area (Å²) in [6.07, 6.45) is 7.13. The Morgan fingerprint density at radius 3 is 2.48 bits per heavy atom. The Kier molecular flexibility index (Phi) is 6.92. The third kappa shape index (κ3) is 5.51. The van der Waals surface area contributed by atoms with E-state index in [2.05, 4.69) is 14.9 Å². The first-order valence-electron chi connectivity index (χ1n) is 8.54. The molecule has 0 aromatic carbocycles. The van der Waals surface area contributed by atoms with Crippen LogP contribution in [0.2, 0.25) is 0 Å². The summed E-state index contributed by atoms with van der Waals surface area (Å²) in [7, 11) is -3.10. The van der Waals surface area contributed by atoms with Crippen LogP contribution in [0.15, 0.2) is 0 Å². The molecule has 1 saturated carbocycles. The summed E-state index contributed by atoms with van der Waals surface area (Å²) in [6.45, 7) is 6.62. The van der Waals surface area contributed by atoms with Crippen LogP contribution in [0, 0.1) is 5.92 Å². The summed E-state index contributed by atoms with van der Waals surface area (Å²) in [5.74, 6) is 0.896. The minimum atomic E-state index is -3.10. The molecule has 21 heavy (non-hydrogen) atoms. The van der Waals surface area contributed by atoms with E-state index in [1.807, 2.05) is 6.92 Å². The summed E-state index contributed by atoms with van der Waals surface area (Å²) in [4.78, 5) is 2.50. The summed E-state index contributed by atoms with van der Waals surface area (Å²) in [5.41, 5.74) is 0. The highest BCUT2D eigenvalue weighted by atomic mass is 32.2. The van der Waals surface area contributed by atoms with Gasteiger partial charge in [0.25, 0.3) is 0 Å². The predicted molar refractivity (Wildman–Crippen MR) is 86.9 cm³/mol. The summed E-state index contributed by atoms with van der Waals surface area (Å²) in [6, 6.07) is 0.374. The second kappa shape index (κ2) is 8.46. The molecule has 124 valence electrons. The van der Waals surface area contributed by atoms with Crippen molar-refractivity contribution in [2.45, 2.75) is 51.5 Å². The van der Waals surface area contributed by atoms with E-state index >= 15 is 0 Å². The van der Waals surface area contributed by atoms with Crippen LogP contribution in [0.4, 0.5) is 0 Å². The fourth-order valence-corrected chi connectivity index (χ4v) is 4.79. The number of rotatable bonds is 7. The molecule has 2 fully saturated rings. The quantitative estimate of drug-likeness (QED) is 0.740. The van der Waals surface area contributed by atoms with Gasteiger partial charge in [-0.25, -0.2) is 13.1 Å². The van der Waals surface area contributed by atoms with Crippen LogP contribution < -0.4 is 10.0 Å². The highest BCUT2D eigenvalue weighted by molar-refractivity contribution is 7.89. The number of piperazine rings is 1. The van der Waals surface area contributed by atoms with E-state index in [1.54, 1.807) is 0 Å². The number of nitrogens with one attached hydrogen (secondary N) is 2. The summed E-state index contributed by atoms with van der Waals surface area (Å²) in [5, 5.41) is 3.38. The van der Waals surface area contributed by atoms with E-state index in [0.717, 1.165) is 26.2 Å². The van der Waals surface area contributed by atoms with Gasteiger partial charge in [0.15, 0.2) is 0 Å². The molecule has 0 spiro atoms. The maximum absolute atomic E-state index is 12.0. The van der Waals surface area contributed by atoms with Crippen molar-refractivity contribution in [1.82, 2.24) is 14.9 Å². The molecule has 0 amide bonds. The van der Waals surface area contributed by atoms with Crippen molar-refractivity contribution >= 4 is 10.0 Å². The minimum Gasteiger partial charge on any atom is -0.314 e. The van der Waals surface area contributed by atoms with Crippen LogP contribution in [0.3, 0.4) is 0 Å². The molecule has 1 atom stereocenters. The van der Waals surface area contributed by atoms with E-state index in [0.29, 0.717) is 24.9 Å². The molecular weight excluding hydrogens is 286 g/mol. The molecule has 6 heteroatoms. The lowest BCUT2D eigenvalue weighted by molar-refractivity contribution is 0.106. The smallest absolute Gasteiger partial charge is 0.211 e. The van der Waals surface area contributed by atoms with E-state index in [1.165, 1.54) is 32.1 Å². The molecule has 0 aromatic rings. The SMILES string of the molecule is CCCS(=O)(=O)NCC(C1CCCCC1)N1CCNCC1. The minimum absolute atomic E-state index is 0.242. The molecule has 1 saturated heterocycles. The van der Waals surface area contributed by atoms with Crippen molar-refractivity contribution in [2.75, 3.05) is 38.5 Å². The Bertz CT molecular complexity index is 370. The summed E-state index contributed by atoms with van der Waals surface area (Å²) >= 11 is 0. The second-order valence-electron chi connectivity index (χ2n) is 6.42. The Balaban J connectivity index is 1.97. The molecule has 5 nitrogen and oxygen atoms in total. The molecule has 1 aliphatic heterocycles.